The number of carboxylic acid groups (broad SMARTS) is 1. The van der Waals surface area contributed by atoms with E-state index < -0.39 is 5.97 Å². The molecule has 2 fully saturated rings. The normalized spacial score (nSPS) is 33.9. The van der Waals surface area contributed by atoms with E-state index in [1.807, 2.05) is 0 Å². The monoisotopic (exact) mass is 253 g/mol. The lowest BCUT2D eigenvalue weighted by Crippen LogP contribution is -2.53. The first-order valence-electron chi connectivity index (χ1n) is 7.51. The van der Waals surface area contributed by atoms with E-state index >= 15 is 0 Å². The highest BCUT2D eigenvalue weighted by atomic mass is 16.4. The van der Waals surface area contributed by atoms with Crippen molar-refractivity contribution >= 4 is 5.97 Å². The molecule has 3 heteroatoms. The van der Waals surface area contributed by atoms with Crippen molar-refractivity contribution in [3.8, 4) is 0 Å². The largest absolute Gasteiger partial charge is 0.480 e. The van der Waals surface area contributed by atoms with Gasteiger partial charge < -0.3 is 5.11 Å². The Kier molecular flexibility index (Phi) is 4.31. The molecule has 3 nitrogen and oxygen atoms in total. The van der Waals surface area contributed by atoms with Crippen molar-refractivity contribution in [3.63, 3.8) is 0 Å². The van der Waals surface area contributed by atoms with Gasteiger partial charge in [0.1, 0.15) is 6.04 Å². The molecule has 1 N–H and O–H groups in total. The molecule has 2 atom stereocenters. The molecular formula is C15H27NO2. The second-order valence-corrected chi connectivity index (χ2v) is 6.69. The van der Waals surface area contributed by atoms with Gasteiger partial charge in [0.05, 0.1) is 0 Å². The Hall–Kier alpha value is -0.570. The smallest absolute Gasteiger partial charge is 0.320 e. The summed E-state index contributed by atoms with van der Waals surface area (Å²) in [6.07, 6.45) is 9.23. The summed E-state index contributed by atoms with van der Waals surface area (Å²) in [5, 5.41) is 9.49. The number of carbonyl (C=O) groups is 1. The van der Waals surface area contributed by atoms with Gasteiger partial charge in [-0.2, -0.15) is 0 Å². The molecule has 0 spiro atoms. The maximum absolute atomic E-state index is 11.5. The van der Waals surface area contributed by atoms with Crippen molar-refractivity contribution in [1.29, 1.82) is 0 Å². The average molecular weight is 253 g/mol. The molecule has 0 aromatic heterocycles. The lowest BCUT2D eigenvalue weighted by Gasteiger charge is -2.47. The van der Waals surface area contributed by atoms with Crippen LogP contribution in [0.3, 0.4) is 0 Å². The average Bonchev–Trinajstić information content (AvgIpc) is 2.53. The van der Waals surface area contributed by atoms with Gasteiger partial charge >= 0.3 is 5.97 Å². The van der Waals surface area contributed by atoms with Gasteiger partial charge in [-0.25, -0.2) is 0 Å². The summed E-state index contributed by atoms with van der Waals surface area (Å²) in [4.78, 5) is 13.9. The van der Waals surface area contributed by atoms with Crippen LogP contribution in [0.4, 0.5) is 0 Å². The Balaban J connectivity index is 2.18. The molecule has 1 saturated carbocycles. The molecule has 0 aromatic carbocycles. The van der Waals surface area contributed by atoms with Crippen molar-refractivity contribution < 1.29 is 9.90 Å². The molecule has 2 unspecified atom stereocenters. The third-order valence-electron chi connectivity index (χ3n) is 4.93. The standard InChI is InChI=1S/C15H27NO2/c1-15(2)10-6-5-9-13(15)16-11-7-3-4-8-12(16)14(17)18/h12-13H,3-11H2,1-2H3,(H,17,18). The van der Waals surface area contributed by atoms with Crippen LogP contribution in [-0.4, -0.2) is 34.6 Å². The molecular weight excluding hydrogens is 226 g/mol. The fraction of sp³-hybridized carbons (Fsp3) is 0.933. The Morgan fingerprint density at radius 1 is 1.11 bits per heavy atom. The molecule has 0 bridgehead atoms. The molecule has 0 radical (unpaired) electrons. The fourth-order valence-electron chi connectivity index (χ4n) is 3.86. The van der Waals surface area contributed by atoms with Crippen molar-refractivity contribution in [2.45, 2.75) is 77.3 Å². The van der Waals surface area contributed by atoms with E-state index in [2.05, 4.69) is 18.7 Å². The Morgan fingerprint density at radius 3 is 2.50 bits per heavy atom. The van der Waals surface area contributed by atoms with Crippen LogP contribution in [0.25, 0.3) is 0 Å². The van der Waals surface area contributed by atoms with Crippen molar-refractivity contribution in [1.82, 2.24) is 4.90 Å². The van der Waals surface area contributed by atoms with Crippen LogP contribution >= 0.6 is 0 Å². The first-order valence-corrected chi connectivity index (χ1v) is 7.51. The van der Waals surface area contributed by atoms with Crippen LogP contribution in [-0.2, 0) is 4.79 Å². The van der Waals surface area contributed by atoms with Gasteiger partial charge in [0.15, 0.2) is 0 Å². The van der Waals surface area contributed by atoms with E-state index in [-0.39, 0.29) is 11.5 Å². The molecule has 1 heterocycles. The molecule has 0 aromatic rings. The van der Waals surface area contributed by atoms with E-state index in [1.165, 1.54) is 32.1 Å². The first kappa shape index (κ1) is 13.9. The van der Waals surface area contributed by atoms with E-state index in [4.69, 9.17) is 0 Å². The number of hydrogen-bond acceptors (Lipinski definition) is 2. The Labute approximate surface area is 111 Å². The summed E-state index contributed by atoms with van der Waals surface area (Å²) in [5.41, 5.74) is 0.274. The van der Waals surface area contributed by atoms with Gasteiger partial charge in [-0.1, -0.05) is 39.5 Å². The number of rotatable bonds is 2. The summed E-state index contributed by atoms with van der Waals surface area (Å²) in [6, 6.07) is 0.223. The van der Waals surface area contributed by atoms with Crippen LogP contribution in [0.15, 0.2) is 0 Å². The molecule has 1 saturated heterocycles. The lowest BCUT2D eigenvalue weighted by atomic mass is 9.72. The second kappa shape index (κ2) is 5.60. The van der Waals surface area contributed by atoms with Crippen LogP contribution in [0.2, 0.25) is 0 Å². The summed E-state index contributed by atoms with van der Waals surface area (Å²) < 4.78 is 0. The van der Waals surface area contributed by atoms with Gasteiger partial charge in [-0.05, 0) is 37.6 Å². The van der Waals surface area contributed by atoms with E-state index in [1.54, 1.807) is 0 Å². The quantitative estimate of drug-likeness (QED) is 0.821. The zero-order chi connectivity index (χ0) is 13.2. The zero-order valence-electron chi connectivity index (χ0n) is 11.8. The lowest BCUT2D eigenvalue weighted by molar-refractivity contribution is -0.146. The number of carboxylic acids is 1. The van der Waals surface area contributed by atoms with Crippen LogP contribution in [0.5, 0.6) is 0 Å². The highest BCUT2D eigenvalue weighted by Gasteiger charge is 2.41. The molecule has 0 amide bonds. The molecule has 1 aliphatic carbocycles. The minimum absolute atomic E-state index is 0.241. The van der Waals surface area contributed by atoms with Crippen LogP contribution < -0.4 is 0 Å². The number of likely N-dealkylation sites (tertiary alicyclic amines) is 1. The SMILES string of the molecule is CC1(C)CCCCC1N1CCCCCC1C(=O)O. The molecule has 18 heavy (non-hydrogen) atoms. The van der Waals surface area contributed by atoms with Crippen molar-refractivity contribution in [2.75, 3.05) is 6.54 Å². The van der Waals surface area contributed by atoms with Gasteiger partial charge in [0.2, 0.25) is 0 Å². The Bertz CT molecular complexity index is 301. The zero-order valence-corrected chi connectivity index (χ0v) is 11.8. The van der Waals surface area contributed by atoms with Crippen LogP contribution in [0.1, 0.15) is 65.2 Å². The maximum Gasteiger partial charge on any atom is 0.320 e. The van der Waals surface area contributed by atoms with Gasteiger partial charge in [0.25, 0.3) is 0 Å². The predicted octanol–water partition coefficient (Wildman–Crippen LogP) is 3.28. The molecule has 2 aliphatic rings. The third kappa shape index (κ3) is 2.87. The maximum atomic E-state index is 11.5. The van der Waals surface area contributed by atoms with Crippen LogP contribution in [0, 0.1) is 5.41 Å². The number of aliphatic carboxylic acids is 1. The molecule has 104 valence electrons. The van der Waals surface area contributed by atoms with Crippen molar-refractivity contribution in [3.05, 3.63) is 0 Å². The van der Waals surface area contributed by atoms with E-state index in [0.717, 1.165) is 25.8 Å². The Morgan fingerprint density at radius 2 is 1.83 bits per heavy atom. The van der Waals surface area contributed by atoms with E-state index in [0.29, 0.717) is 6.04 Å². The van der Waals surface area contributed by atoms with Gasteiger partial charge in [-0.3, -0.25) is 9.69 Å². The fourth-order valence-corrected chi connectivity index (χ4v) is 3.86. The summed E-state index contributed by atoms with van der Waals surface area (Å²) in [6.45, 7) is 5.62. The summed E-state index contributed by atoms with van der Waals surface area (Å²) in [5.74, 6) is -0.613. The van der Waals surface area contributed by atoms with Gasteiger partial charge in [0, 0.05) is 6.04 Å². The third-order valence-corrected chi connectivity index (χ3v) is 4.93. The van der Waals surface area contributed by atoms with E-state index in [9.17, 15) is 9.90 Å². The summed E-state index contributed by atoms with van der Waals surface area (Å²) >= 11 is 0. The first-order chi connectivity index (χ1) is 8.52. The minimum Gasteiger partial charge on any atom is -0.480 e. The highest BCUT2D eigenvalue weighted by molar-refractivity contribution is 5.73. The van der Waals surface area contributed by atoms with Gasteiger partial charge in [-0.15, -0.1) is 0 Å². The summed E-state index contributed by atoms with van der Waals surface area (Å²) in [7, 11) is 0. The molecule has 1 aliphatic heterocycles. The molecule has 2 rings (SSSR count). The van der Waals surface area contributed by atoms with Crippen molar-refractivity contribution in [2.24, 2.45) is 5.41 Å². The number of hydrogen-bond donors (Lipinski definition) is 1. The number of nitrogens with zero attached hydrogens (tertiary/aromatic N) is 1. The predicted molar refractivity (Wildman–Crippen MR) is 72.6 cm³/mol. The topological polar surface area (TPSA) is 40.5 Å². The minimum atomic E-state index is -0.613. The second-order valence-electron chi connectivity index (χ2n) is 6.69. The highest BCUT2D eigenvalue weighted by Crippen LogP contribution is 2.40.